The highest BCUT2D eigenvalue weighted by Gasteiger charge is 2.07. The summed E-state index contributed by atoms with van der Waals surface area (Å²) in [5.41, 5.74) is 1.05. The third-order valence-corrected chi connectivity index (χ3v) is 4.30. The molecule has 3 nitrogen and oxygen atoms in total. The Balaban J connectivity index is 2.41. The summed E-state index contributed by atoms with van der Waals surface area (Å²) < 4.78 is 0. The van der Waals surface area contributed by atoms with Crippen molar-refractivity contribution in [1.29, 1.82) is 0 Å². The van der Waals surface area contributed by atoms with Crippen LogP contribution < -0.4 is 5.32 Å². The molecule has 1 N–H and O–H groups in total. The smallest absolute Gasteiger partial charge is 0.230 e. The Morgan fingerprint density at radius 3 is 2.81 bits per heavy atom. The average molecular weight is 258 g/mol. The summed E-state index contributed by atoms with van der Waals surface area (Å²) >= 11 is 3.33. The fraction of sp³-hybridized carbons (Fsp3) is 0.636. The molecular formula is C11H18N2OS2. The molecule has 16 heavy (non-hydrogen) atoms. The summed E-state index contributed by atoms with van der Waals surface area (Å²) in [4.78, 5) is 17.0. The first kappa shape index (κ1) is 13.5. The number of nitrogens with one attached hydrogen (secondary N) is 1. The van der Waals surface area contributed by atoms with Gasteiger partial charge in [0.15, 0.2) is 0 Å². The van der Waals surface area contributed by atoms with Crippen molar-refractivity contribution < 1.29 is 4.79 Å². The number of hydrogen-bond acceptors (Lipinski definition) is 4. The number of carbonyl (C=O) groups excluding carboxylic acids is 1. The van der Waals surface area contributed by atoms with E-state index in [1.54, 1.807) is 23.1 Å². The minimum atomic E-state index is 0.109. The van der Waals surface area contributed by atoms with Gasteiger partial charge in [0.2, 0.25) is 5.91 Å². The topological polar surface area (TPSA) is 42.0 Å². The van der Waals surface area contributed by atoms with Gasteiger partial charge in [0.05, 0.1) is 23.0 Å². The number of amides is 1. The van der Waals surface area contributed by atoms with Crippen molar-refractivity contribution in [3.8, 4) is 0 Å². The van der Waals surface area contributed by atoms with E-state index in [1.807, 2.05) is 6.92 Å². The Labute approximate surface area is 105 Å². The Hall–Kier alpha value is -0.550. The molecule has 1 heterocycles. The highest BCUT2D eigenvalue weighted by molar-refractivity contribution is 7.99. The molecule has 0 radical (unpaired) electrons. The molecule has 1 amide bonds. The summed E-state index contributed by atoms with van der Waals surface area (Å²) in [5.74, 6) is 1.64. The first-order valence-electron chi connectivity index (χ1n) is 5.47. The molecule has 0 aliphatic heterocycles. The molecule has 0 aliphatic rings. The van der Waals surface area contributed by atoms with Crippen molar-refractivity contribution in [2.45, 2.75) is 33.7 Å². The van der Waals surface area contributed by atoms with Gasteiger partial charge in [0.1, 0.15) is 0 Å². The van der Waals surface area contributed by atoms with Crippen molar-refractivity contribution in [2.24, 2.45) is 0 Å². The van der Waals surface area contributed by atoms with Gasteiger partial charge in [-0.1, -0.05) is 13.8 Å². The van der Waals surface area contributed by atoms with Gasteiger partial charge in [0, 0.05) is 4.88 Å². The lowest BCUT2D eigenvalue weighted by molar-refractivity contribution is -0.118. The van der Waals surface area contributed by atoms with Crippen molar-refractivity contribution >= 4 is 29.0 Å². The van der Waals surface area contributed by atoms with Crippen LogP contribution in [0.2, 0.25) is 0 Å². The number of thiazole rings is 1. The Morgan fingerprint density at radius 1 is 1.50 bits per heavy atom. The molecule has 1 aromatic heterocycles. The van der Waals surface area contributed by atoms with E-state index in [1.165, 1.54) is 4.88 Å². The predicted octanol–water partition coefficient (Wildman–Crippen LogP) is 2.38. The lowest BCUT2D eigenvalue weighted by Crippen LogP contribution is -2.24. The highest BCUT2D eigenvalue weighted by Crippen LogP contribution is 2.18. The van der Waals surface area contributed by atoms with Crippen LogP contribution in [0, 0.1) is 6.92 Å². The summed E-state index contributed by atoms with van der Waals surface area (Å²) in [6, 6.07) is 0. The minimum absolute atomic E-state index is 0.109. The number of aromatic nitrogens is 1. The summed E-state index contributed by atoms with van der Waals surface area (Å²) in [7, 11) is 0. The second-order valence-electron chi connectivity index (χ2n) is 3.38. The van der Waals surface area contributed by atoms with E-state index in [0.29, 0.717) is 12.3 Å². The average Bonchev–Trinajstić information content (AvgIpc) is 2.64. The highest BCUT2D eigenvalue weighted by atomic mass is 32.2. The third-order valence-electron chi connectivity index (χ3n) is 2.12. The van der Waals surface area contributed by atoms with Crippen LogP contribution in [0.25, 0.3) is 0 Å². The summed E-state index contributed by atoms with van der Waals surface area (Å²) in [6.07, 6.45) is 0.963. The van der Waals surface area contributed by atoms with Crippen LogP contribution in [0.15, 0.2) is 0 Å². The first-order chi connectivity index (χ1) is 7.67. The van der Waals surface area contributed by atoms with E-state index in [9.17, 15) is 4.79 Å². The van der Waals surface area contributed by atoms with E-state index in [-0.39, 0.29) is 5.91 Å². The van der Waals surface area contributed by atoms with Gasteiger partial charge in [-0.05, 0) is 19.1 Å². The van der Waals surface area contributed by atoms with Crippen LogP contribution in [-0.4, -0.2) is 22.4 Å². The molecule has 0 aromatic carbocycles. The zero-order chi connectivity index (χ0) is 12.0. The molecule has 0 spiro atoms. The van der Waals surface area contributed by atoms with Crippen molar-refractivity contribution in [3.63, 3.8) is 0 Å². The maximum Gasteiger partial charge on any atom is 0.230 e. The van der Waals surface area contributed by atoms with Crippen molar-refractivity contribution in [1.82, 2.24) is 10.3 Å². The van der Waals surface area contributed by atoms with Gasteiger partial charge in [-0.15, -0.1) is 11.3 Å². The molecule has 0 unspecified atom stereocenters. The SMILES string of the molecule is CCSCC(=O)NCc1sc(CC)nc1C. The van der Waals surface area contributed by atoms with Crippen molar-refractivity contribution in [3.05, 3.63) is 15.6 Å². The lowest BCUT2D eigenvalue weighted by Gasteiger charge is -2.02. The first-order valence-corrected chi connectivity index (χ1v) is 7.44. The van der Waals surface area contributed by atoms with Gasteiger partial charge < -0.3 is 5.32 Å². The molecule has 0 atom stereocenters. The molecular weight excluding hydrogens is 240 g/mol. The van der Waals surface area contributed by atoms with Crippen LogP contribution in [0.4, 0.5) is 0 Å². The van der Waals surface area contributed by atoms with Crippen LogP contribution in [0.5, 0.6) is 0 Å². The summed E-state index contributed by atoms with van der Waals surface area (Å²) in [5, 5.41) is 4.07. The number of hydrogen-bond donors (Lipinski definition) is 1. The maximum atomic E-state index is 11.4. The fourth-order valence-corrected chi connectivity index (χ4v) is 2.67. The van der Waals surface area contributed by atoms with E-state index in [4.69, 9.17) is 0 Å². The van der Waals surface area contributed by atoms with Crippen LogP contribution in [-0.2, 0) is 17.8 Å². The van der Waals surface area contributed by atoms with E-state index in [0.717, 1.165) is 22.9 Å². The molecule has 0 aliphatic carbocycles. The maximum absolute atomic E-state index is 11.4. The second kappa shape index (κ2) is 6.91. The normalized spacial score (nSPS) is 10.4. The molecule has 1 aromatic rings. The van der Waals surface area contributed by atoms with E-state index >= 15 is 0 Å². The van der Waals surface area contributed by atoms with E-state index in [2.05, 4.69) is 24.1 Å². The predicted molar refractivity (Wildman–Crippen MR) is 71.1 cm³/mol. The van der Waals surface area contributed by atoms with Gasteiger partial charge in [-0.3, -0.25) is 4.79 Å². The fourth-order valence-electron chi connectivity index (χ4n) is 1.23. The summed E-state index contributed by atoms with van der Waals surface area (Å²) in [6.45, 7) is 6.77. The van der Waals surface area contributed by atoms with Crippen LogP contribution in [0.3, 0.4) is 0 Å². The van der Waals surface area contributed by atoms with Crippen LogP contribution >= 0.6 is 23.1 Å². The largest absolute Gasteiger partial charge is 0.350 e. The number of nitrogens with zero attached hydrogens (tertiary/aromatic N) is 1. The Morgan fingerprint density at radius 2 is 2.25 bits per heavy atom. The molecule has 0 bridgehead atoms. The molecule has 0 saturated heterocycles. The molecule has 1 rings (SSSR count). The van der Waals surface area contributed by atoms with Gasteiger partial charge in [-0.25, -0.2) is 4.98 Å². The van der Waals surface area contributed by atoms with Gasteiger partial charge in [-0.2, -0.15) is 11.8 Å². The Kier molecular flexibility index (Phi) is 5.84. The minimum Gasteiger partial charge on any atom is -0.350 e. The number of rotatable bonds is 6. The third kappa shape index (κ3) is 4.14. The molecule has 5 heteroatoms. The number of thioether (sulfide) groups is 1. The van der Waals surface area contributed by atoms with Gasteiger partial charge >= 0.3 is 0 Å². The molecule has 0 fully saturated rings. The van der Waals surface area contributed by atoms with E-state index < -0.39 is 0 Å². The monoisotopic (exact) mass is 258 g/mol. The van der Waals surface area contributed by atoms with Crippen LogP contribution in [0.1, 0.15) is 29.4 Å². The molecule has 0 saturated carbocycles. The lowest BCUT2D eigenvalue weighted by atomic mass is 10.4. The molecule has 90 valence electrons. The zero-order valence-electron chi connectivity index (χ0n) is 10.0. The zero-order valence-corrected chi connectivity index (χ0v) is 11.6. The second-order valence-corrected chi connectivity index (χ2v) is 5.83. The standard InChI is InChI=1S/C11H18N2OS2/c1-4-11-13-8(3)9(16-11)6-12-10(14)7-15-5-2/h4-7H2,1-3H3,(H,12,14). The Bertz CT molecular complexity index is 350. The quantitative estimate of drug-likeness (QED) is 0.852. The number of aryl methyl sites for hydroxylation is 2. The number of carbonyl (C=O) groups is 1. The van der Waals surface area contributed by atoms with Crippen molar-refractivity contribution in [2.75, 3.05) is 11.5 Å². The van der Waals surface area contributed by atoms with Gasteiger partial charge in [0.25, 0.3) is 0 Å².